The summed E-state index contributed by atoms with van der Waals surface area (Å²) in [6.45, 7) is 0.742. The van der Waals surface area contributed by atoms with Crippen molar-refractivity contribution in [3.8, 4) is 17.2 Å². The topological polar surface area (TPSA) is 85.5 Å². The summed E-state index contributed by atoms with van der Waals surface area (Å²) in [5.74, 6) is 2.66. The van der Waals surface area contributed by atoms with E-state index in [1.807, 2.05) is 24.3 Å². The van der Waals surface area contributed by atoms with Crippen molar-refractivity contribution in [1.29, 1.82) is 0 Å². The first-order valence-corrected chi connectivity index (χ1v) is 7.43. The van der Waals surface area contributed by atoms with E-state index in [1.54, 1.807) is 19.2 Å². The van der Waals surface area contributed by atoms with Crippen molar-refractivity contribution in [2.24, 2.45) is 0 Å². The largest absolute Gasteiger partial charge is 0.497 e. The van der Waals surface area contributed by atoms with Crippen molar-refractivity contribution in [3.63, 3.8) is 0 Å². The van der Waals surface area contributed by atoms with E-state index < -0.39 is 5.69 Å². The van der Waals surface area contributed by atoms with Gasteiger partial charge in [-0.05, 0) is 35.9 Å². The zero-order valence-corrected chi connectivity index (χ0v) is 13.0. The van der Waals surface area contributed by atoms with Gasteiger partial charge in [-0.25, -0.2) is 4.79 Å². The number of anilines is 1. The molecule has 0 aliphatic carbocycles. The van der Waals surface area contributed by atoms with Gasteiger partial charge >= 0.3 is 5.69 Å². The molecule has 3 aromatic rings. The molecule has 0 spiro atoms. The minimum absolute atomic E-state index is 0.242. The fourth-order valence-corrected chi connectivity index (χ4v) is 2.63. The number of rotatable bonds is 4. The third-order valence-corrected chi connectivity index (χ3v) is 3.83. The van der Waals surface area contributed by atoms with E-state index in [9.17, 15) is 4.79 Å². The molecule has 122 valence electrons. The smallest absolute Gasteiger partial charge is 0.347 e. The average Bonchev–Trinajstić information content (AvgIpc) is 3.07. The standard InChI is InChI=1S/C17H15N3O4/c1-22-11-3-4-13-12(7-11)16(20-17(21)19-13)18-8-10-2-5-14-15(6-10)24-9-23-14/h2-7H,8-9H2,1H3,(H2,18,19,20,21). The number of methoxy groups -OCH3 is 1. The molecule has 2 aromatic carbocycles. The first-order valence-electron chi connectivity index (χ1n) is 7.43. The van der Waals surface area contributed by atoms with Crippen LogP contribution < -0.4 is 25.2 Å². The molecule has 2 heterocycles. The Hall–Kier alpha value is -3.22. The van der Waals surface area contributed by atoms with Crippen LogP contribution in [0.2, 0.25) is 0 Å². The van der Waals surface area contributed by atoms with Gasteiger partial charge in [0.1, 0.15) is 11.6 Å². The number of aromatic nitrogens is 2. The maximum absolute atomic E-state index is 11.7. The second-order valence-electron chi connectivity index (χ2n) is 5.34. The number of aromatic amines is 1. The lowest BCUT2D eigenvalue weighted by atomic mass is 10.2. The average molecular weight is 325 g/mol. The molecule has 0 atom stereocenters. The Bertz CT molecular complexity index is 968. The second-order valence-corrected chi connectivity index (χ2v) is 5.34. The SMILES string of the molecule is COc1ccc2[nH]c(=O)nc(NCc3ccc4c(c3)OCO4)c2c1. The molecule has 1 aromatic heterocycles. The molecule has 7 nitrogen and oxygen atoms in total. The fraction of sp³-hybridized carbons (Fsp3) is 0.176. The summed E-state index contributed by atoms with van der Waals surface area (Å²) in [5.41, 5.74) is 1.29. The maximum atomic E-state index is 11.7. The summed E-state index contributed by atoms with van der Waals surface area (Å²) in [4.78, 5) is 18.5. The van der Waals surface area contributed by atoms with E-state index in [-0.39, 0.29) is 6.79 Å². The molecule has 1 aliphatic heterocycles. The summed E-state index contributed by atoms with van der Waals surface area (Å²) in [7, 11) is 1.60. The van der Waals surface area contributed by atoms with Crippen LogP contribution in [0.3, 0.4) is 0 Å². The number of nitrogens with zero attached hydrogens (tertiary/aromatic N) is 1. The van der Waals surface area contributed by atoms with Crippen molar-refractivity contribution in [2.45, 2.75) is 6.54 Å². The van der Waals surface area contributed by atoms with Crippen molar-refractivity contribution in [3.05, 3.63) is 52.4 Å². The predicted octanol–water partition coefficient (Wildman–Crippen LogP) is 2.27. The maximum Gasteiger partial charge on any atom is 0.347 e. The Morgan fingerprint density at radius 1 is 1.21 bits per heavy atom. The van der Waals surface area contributed by atoms with Crippen LogP contribution in [-0.2, 0) is 6.54 Å². The van der Waals surface area contributed by atoms with Crippen molar-refractivity contribution in [2.75, 3.05) is 19.2 Å². The van der Waals surface area contributed by atoms with Crippen molar-refractivity contribution < 1.29 is 14.2 Å². The number of fused-ring (bicyclic) bond motifs is 2. The Morgan fingerprint density at radius 3 is 2.96 bits per heavy atom. The third-order valence-electron chi connectivity index (χ3n) is 3.83. The molecule has 0 fully saturated rings. The zero-order chi connectivity index (χ0) is 16.5. The lowest BCUT2D eigenvalue weighted by Crippen LogP contribution is -2.14. The molecule has 4 rings (SSSR count). The third kappa shape index (κ3) is 2.60. The van der Waals surface area contributed by atoms with Gasteiger partial charge in [0.15, 0.2) is 11.5 Å². The van der Waals surface area contributed by atoms with Gasteiger partial charge in [0.05, 0.1) is 12.6 Å². The molecule has 0 radical (unpaired) electrons. The van der Waals surface area contributed by atoms with Gasteiger partial charge in [-0.1, -0.05) is 6.07 Å². The van der Waals surface area contributed by atoms with Gasteiger partial charge in [0, 0.05) is 11.9 Å². The molecule has 0 saturated heterocycles. The summed E-state index contributed by atoms with van der Waals surface area (Å²) in [5, 5.41) is 3.99. The molecule has 0 bridgehead atoms. The molecule has 1 aliphatic rings. The molecular weight excluding hydrogens is 310 g/mol. The van der Waals surface area contributed by atoms with Gasteiger partial charge in [-0.3, -0.25) is 0 Å². The highest BCUT2D eigenvalue weighted by molar-refractivity contribution is 5.89. The van der Waals surface area contributed by atoms with Crippen molar-refractivity contribution >= 4 is 16.7 Å². The minimum atomic E-state index is -0.402. The van der Waals surface area contributed by atoms with Crippen LogP contribution >= 0.6 is 0 Å². The normalized spacial score (nSPS) is 12.4. The van der Waals surface area contributed by atoms with Gasteiger partial charge < -0.3 is 24.5 Å². The first kappa shape index (κ1) is 14.4. The summed E-state index contributed by atoms with van der Waals surface area (Å²) < 4.78 is 15.9. The molecule has 2 N–H and O–H groups in total. The van der Waals surface area contributed by atoms with Crippen LogP contribution in [-0.4, -0.2) is 23.9 Å². The Balaban J connectivity index is 1.65. The van der Waals surface area contributed by atoms with Crippen molar-refractivity contribution in [1.82, 2.24) is 9.97 Å². The monoisotopic (exact) mass is 325 g/mol. The number of nitrogens with one attached hydrogen (secondary N) is 2. The van der Waals surface area contributed by atoms with Gasteiger partial charge in [0.2, 0.25) is 6.79 Å². The van der Waals surface area contributed by atoms with E-state index in [2.05, 4.69) is 15.3 Å². The summed E-state index contributed by atoms with van der Waals surface area (Å²) in [6, 6.07) is 11.1. The van der Waals surface area contributed by atoms with E-state index in [4.69, 9.17) is 14.2 Å². The van der Waals surface area contributed by atoms with Gasteiger partial charge in [0.25, 0.3) is 0 Å². The van der Waals surface area contributed by atoms with Gasteiger partial charge in [-0.2, -0.15) is 4.98 Å². The Labute approximate surface area is 137 Å². The Morgan fingerprint density at radius 2 is 2.08 bits per heavy atom. The molecule has 24 heavy (non-hydrogen) atoms. The lowest BCUT2D eigenvalue weighted by Gasteiger charge is -2.10. The molecule has 0 unspecified atom stereocenters. The number of ether oxygens (including phenoxy) is 3. The summed E-state index contributed by atoms with van der Waals surface area (Å²) in [6.07, 6.45) is 0. The zero-order valence-electron chi connectivity index (χ0n) is 13.0. The number of H-pyrrole nitrogens is 1. The molecule has 7 heteroatoms. The van der Waals surface area contributed by atoms with E-state index in [1.165, 1.54) is 0 Å². The van der Waals surface area contributed by atoms with Crippen LogP contribution in [0.1, 0.15) is 5.56 Å². The molecular formula is C17H15N3O4. The predicted molar refractivity (Wildman–Crippen MR) is 88.8 cm³/mol. The van der Waals surface area contributed by atoms with Crippen LogP contribution in [0, 0.1) is 0 Å². The van der Waals surface area contributed by atoms with E-state index >= 15 is 0 Å². The second kappa shape index (κ2) is 5.77. The van der Waals surface area contributed by atoms with Crippen LogP contribution in [0.15, 0.2) is 41.2 Å². The number of benzene rings is 2. The fourth-order valence-electron chi connectivity index (χ4n) is 2.63. The Kier molecular flexibility index (Phi) is 3.45. The van der Waals surface area contributed by atoms with Crippen LogP contribution in [0.25, 0.3) is 10.9 Å². The quantitative estimate of drug-likeness (QED) is 0.765. The van der Waals surface area contributed by atoms with E-state index in [0.29, 0.717) is 23.6 Å². The highest BCUT2D eigenvalue weighted by atomic mass is 16.7. The molecule has 0 saturated carbocycles. The highest BCUT2D eigenvalue weighted by Gasteiger charge is 2.13. The van der Waals surface area contributed by atoms with Crippen LogP contribution in [0.5, 0.6) is 17.2 Å². The van der Waals surface area contributed by atoms with Crippen LogP contribution in [0.4, 0.5) is 5.82 Å². The van der Waals surface area contributed by atoms with Gasteiger partial charge in [-0.15, -0.1) is 0 Å². The number of hydrogen-bond donors (Lipinski definition) is 2. The first-order chi connectivity index (χ1) is 11.7. The lowest BCUT2D eigenvalue weighted by molar-refractivity contribution is 0.174. The minimum Gasteiger partial charge on any atom is -0.497 e. The molecule has 0 amide bonds. The number of hydrogen-bond acceptors (Lipinski definition) is 6. The summed E-state index contributed by atoms with van der Waals surface area (Å²) >= 11 is 0. The van der Waals surface area contributed by atoms with E-state index in [0.717, 1.165) is 22.4 Å². The highest BCUT2D eigenvalue weighted by Crippen LogP contribution is 2.32.